The van der Waals surface area contributed by atoms with Crippen molar-refractivity contribution in [2.24, 2.45) is 0 Å². The van der Waals surface area contributed by atoms with Crippen molar-refractivity contribution in [1.29, 1.82) is 0 Å². The second-order valence-corrected chi connectivity index (χ2v) is 8.37. The maximum atomic E-state index is 13.2. The number of dihydropyridines is 1. The van der Waals surface area contributed by atoms with Crippen molar-refractivity contribution >= 4 is 35.1 Å². The molecule has 0 radical (unpaired) electrons. The summed E-state index contributed by atoms with van der Waals surface area (Å²) in [7, 11) is 0. The molecule has 1 atom stereocenters. The highest BCUT2D eigenvalue weighted by Gasteiger charge is 2.43. The topological polar surface area (TPSA) is 58.6 Å². The minimum Gasteiger partial charge on any atom is -0.463 e. The fourth-order valence-electron chi connectivity index (χ4n) is 4.16. The van der Waals surface area contributed by atoms with E-state index in [-0.39, 0.29) is 12.5 Å². The third kappa shape index (κ3) is 4.08. The summed E-state index contributed by atoms with van der Waals surface area (Å²) in [4.78, 5) is 27.9. The average molecular weight is 457 g/mol. The standard InChI is InChI=1S/C24H22Cl2N2O3/c1-3-31-24(30)20-14(2)27-22-18(21(20)17-10-9-16(25)11-19(17)26)13-28(23(22)29)12-15-7-5-4-6-8-15/h4-11,21,27H,3,12-13H2,1-2H3. The van der Waals surface area contributed by atoms with E-state index in [9.17, 15) is 9.59 Å². The van der Waals surface area contributed by atoms with Crippen molar-refractivity contribution in [1.82, 2.24) is 10.2 Å². The molecule has 2 heterocycles. The first kappa shape index (κ1) is 21.5. The molecule has 0 aromatic heterocycles. The lowest BCUT2D eigenvalue weighted by Crippen LogP contribution is -2.32. The first-order valence-corrected chi connectivity index (χ1v) is 10.8. The molecule has 0 saturated heterocycles. The molecule has 0 spiro atoms. The van der Waals surface area contributed by atoms with Crippen LogP contribution in [0.3, 0.4) is 0 Å². The van der Waals surface area contributed by atoms with Crippen LogP contribution in [0.2, 0.25) is 10.0 Å². The number of halogens is 2. The van der Waals surface area contributed by atoms with Crippen LogP contribution in [0.5, 0.6) is 0 Å². The number of amides is 1. The number of ether oxygens (including phenoxy) is 1. The Kier molecular flexibility index (Phi) is 6.08. The lowest BCUT2D eigenvalue weighted by molar-refractivity contribution is -0.139. The molecular formula is C24H22Cl2N2O3. The van der Waals surface area contributed by atoms with Gasteiger partial charge in [0.25, 0.3) is 5.91 Å². The summed E-state index contributed by atoms with van der Waals surface area (Å²) in [5, 5.41) is 4.10. The van der Waals surface area contributed by atoms with Gasteiger partial charge in [0.2, 0.25) is 0 Å². The van der Waals surface area contributed by atoms with Crippen LogP contribution in [0.1, 0.15) is 30.9 Å². The maximum absolute atomic E-state index is 13.2. The van der Waals surface area contributed by atoms with Gasteiger partial charge in [0, 0.05) is 34.7 Å². The van der Waals surface area contributed by atoms with E-state index in [4.69, 9.17) is 27.9 Å². The molecule has 4 rings (SSSR count). The van der Waals surface area contributed by atoms with Gasteiger partial charge >= 0.3 is 5.97 Å². The molecule has 31 heavy (non-hydrogen) atoms. The number of carbonyl (C=O) groups excluding carboxylic acids is 2. The number of benzene rings is 2. The number of esters is 1. The molecule has 1 unspecified atom stereocenters. The van der Waals surface area contributed by atoms with Gasteiger partial charge in [-0.15, -0.1) is 0 Å². The molecule has 1 N–H and O–H groups in total. The first-order chi connectivity index (χ1) is 14.9. The zero-order chi connectivity index (χ0) is 22.1. The van der Waals surface area contributed by atoms with Gasteiger partial charge in [0.05, 0.1) is 12.2 Å². The van der Waals surface area contributed by atoms with E-state index >= 15 is 0 Å². The van der Waals surface area contributed by atoms with Gasteiger partial charge in [0.1, 0.15) is 5.70 Å². The Morgan fingerprint density at radius 2 is 1.94 bits per heavy atom. The van der Waals surface area contributed by atoms with Crippen LogP contribution in [0.15, 0.2) is 71.1 Å². The van der Waals surface area contributed by atoms with Crippen LogP contribution in [0.25, 0.3) is 0 Å². The quantitative estimate of drug-likeness (QED) is 0.655. The van der Waals surface area contributed by atoms with Gasteiger partial charge in [-0.1, -0.05) is 59.6 Å². The fourth-order valence-corrected chi connectivity index (χ4v) is 4.67. The molecule has 2 aromatic carbocycles. The van der Waals surface area contributed by atoms with Gasteiger partial charge in [-0.25, -0.2) is 4.79 Å². The molecule has 0 bridgehead atoms. The van der Waals surface area contributed by atoms with E-state index in [1.165, 1.54) is 0 Å². The molecular weight excluding hydrogens is 435 g/mol. The van der Waals surface area contributed by atoms with Gasteiger partial charge in [-0.05, 0) is 42.7 Å². The largest absolute Gasteiger partial charge is 0.463 e. The van der Waals surface area contributed by atoms with E-state index in [1.54, 1.807) is 30.9 Å². The summed E-state index contributed by atoms with van der Waals surface area (Å²) in [6, 6.07) is 15.0. The molecule has 2 aromatic rings. The Hall–Kier alpha value is -2.76. The Bertz CT molecular complexity index is 1110. The molecule has 1 amide bonds. The van der Waals surface area contributed by atoms with Gasteiger partial charge < -0.3 is 15.0 Å². The van der Waals surface area contributed by atoms with E-state index in [0.29, 0.717) is 40.1 Å². The summed E-state index contributed by atoms with van der Waals surface area (Å²) < 4.78 is 5.34. The Morgan fingerprint density at radius 1 is 1.19 bits per heavy atom. The summed E-state index contributed by atoms with van der Waals surface area (Å²) in [6.45, 7) is 4.65. The molecule has 7 heteroatoms. The molecule has 2 aliphatic heterocycles. The monoisotopic (exact) mass is 456 g/mol. The number of hydrogen-bond donors (Lipinski definition) is 1. The summed E-state index contributed by atoms with van der Waals surface area (Å²) in [5.41, 5.74) is 4.10. The highest BCUT2D eigenvalue weighted by Crippen LogP contribution is 2.44. The van der Waals surface area contributed by atoms with Crippen LogP contribution in [0, 0.1) is 0 Å². The number of rotatable bonds is 5. The van der Waals surface area contributed by atoms with Crippen LogP contribution in [-0.4, -0.2) is 29.9 Å². The van der Waals surface area contributed by atoms with E-state index in [0.717, 1.165) is 16.7 Å². The Balaban J connectivity index is 1.76. The van der Waals surface area contributed by atoms with Crippen molar-refractivity contribution in [3.8, 4) is 0 Å². The van der Waals surface area contributed by atoms with Gasteiger partial charge in [-0.2, -0.15) is 0 Å². The third-order valence-corrected chi connectivity index (χ3v) is 6.08. The normalized spacial score (nSPS) is 18.3. The predicted molar refractivity (Wildman–Crippen MR) is 121 cm³/mol. The number of nitrogens with zero attached hydrogens (tertiary/aromatic N) is 1. The third-order valence-electron chi connectivity index (χ3n) is 5.52. The first-order valence-electron chi connectivity index (χ1n) is 10.1. The molecule has 0 saturated carbocycles. The van der Waals surface area contributed by atoms with Crippen molar-refractivity contribution in [3.63, 3.8) is 0 Å². The molecule has 0 aliphatic carbocycles. The van der Waals surface area contributed by atoms with E-state index in [2.05, 4.69) is 5.32 Å². The second kappa shape index (κ2) is 8.77. The summed E-state index contributed by atoms with van der Waals surface area (Å²) in [6.07, 6.45) is 0. The zero-order valence-corrected chi connectivity index (χ0v) is 18.8. The molecule has 5 nitrogen and oxygen atoms in total. The summed E-state index contributed by atoms with van der Waals surface area (Å²) in [5.74, 6) is -1.02. The van der Waals surface area contributed by atoms with Gasteiger partial charge in [0.15, 0.2) is 0 Å². The number of allylic oxidation sites excluding steroid dienone is 1. The van der Waals surface area contributed by atoms with E-state index in [1.807, 2.05) is 36.4 Å². The SMILES string of the molecule is CCOC(=O)C1=C(C)NC2=C(CN(Cc3ccccc3)C2=O)C1c1ccc(Cl)cc1Cl. The number of hydrogen-bond acceptors (Lipinski definition) is 4. The second-order valence-electron chi connectivity index (χ2n) is 7.53. The molecule has 2 aliphatic rings. The maximum Gasteiger partial charge on any atom is 0.336 e. The molecule has 160 valence electrons. The van der Waals surface area contributed by atoms with E-state index < -0.39 is 11.9 Å². The van der Waals surface area contributed by atoms with Crippen molar-refractivity contribution in [3.05, 3.63) is 92.2 Å². The fraction of sp³-hybridized carbons (Fsp3) is 0.250. The smallest absolute Gasteiger partial charge is 0.336 e. The number of carbonyl (C=O) groups is 2. The lowest BCUT2D eigenvalue weighted by atomic mass is 9.81. The lowest BCUT2D eigenvalue weighted by Gasteiger charge is -2.29. The Labute approximate surface area is 191 Å². The van der Waals surface area contributed by atoms with Crippen molar-refractivity contribution in [2.45, 2.75) is 26.3 Å². The van der Waals surface area contributed by atoms with Gasteiger partial charge in [-0.3, -0.25) is 4.79 Å². The van der Waals surface area contributed by atoms with Crippen LogP contribution < -0.4 is 5.32 Å². The minimum atomic E-state index is -0.496. The Morgan fingerprint density at radius 3 is 2.61 bits per heavy atom. The van der Waals surface area contributed by atoms with Crippen LogP contribution in [0.4, 0.5) is 0 Å². The van der Waals surface area contributed by atoms with Crippen LogP contribution in [-0.2, 0) is 20.9 Å². The average Bonchev–Trinajstić information content (AvgIpc) is 3.03. The highest BCUT2D eigenvalue weighted by atomic mass is 35.5. The van der Waals surface area contributed by atoms with Crippen molar-refractivity contribution < 1.29 is 14.3 Å². The molecule has 0 fully saturated rings. The summed E-state index contributed by atoms with van der Waals surface area (Å²) >= 11 is 12.7. The number of nitrogens with one attached hydrogen (secondary N) is 1. The predicted octanol–water partition coefficient (Wildman–Crippen LogP) is 4.81. The van der Waals surface area contributed by atoms with Crippen LogP contribution >= 0.6 is 23.2 Å². The van der Waals surface area contributed by atoms with Crippen molar-refractivity contribution in [2.75, 3.05) is 13.2 Å². The zero-order valence-electron chi connectivity index (χ0n) is 17.2. The minimum absolute atomic E-state index is 0.101. The highest BCUT2D eigenvalue weighted by molar-refractivity contribution is 6.35.